The minimum atomic E-state index is -1.15. The van der Waals surface area contributed by atoms with Gasteiger partial charge in [0.1, 0.15) is 0 Å². The Balaban J connectivity index is 0.00000208. The third-order valence-corrected chi connectivity index (χ3v) is 4.68. The van der Waals surface area contributed by atoms with Crippen LogP contribution in [0.1, 0.15) is 26.7 Å². The van der Waals surface area contributed by atoms with Gasteiger partial charge in [-0.05, 0) is 16.9 Å². The molecular formula is C15H23ClN4O4. The summed E-state index contributed by atoms with van der Waals surface area (Å²) >= 11 is 0. The lowest BCUT2D eigenvalue weighted by Crippen LogP contribution is -3.00. The van der Waals surface area contributed by atoms with Crippen molar-refractivity contribution in [3.63, 3.8) is 0 Å². The van der Waals surface area contributed by atoms with E-state index in [2.05, 4.69) is 0 Å². The summed E-state index contributed by atoms with van der Waals surface area (Å²) in [6.07, 6.45) is 8.64. The van der Waals surface area contributed by atoms with Crippen molar-refractivity contribution in [1.82, 2.24) is 15.0 Å². The Labute approximate surface area is 147 Å². The molecule has 8 nitrogen and oxygen atoms in total. The van der Waals surface area contributed by atoms with Gasteiger partial charge in [-0.15, -0.1) is 5.01 Å². The average molecular weight is 359 g/mol. The second-order valence-electron chi connectivity index (χ2n) is 5.93. The minimum absolute atomic E-state index is 0. The fraction of sp³-hybridized carbons (Fsp3) is 0.533. The standard InChI is InChI=1S/C15H23N4O4.ClH/c1-3-12(21)15(5-7-16(8-6-15)9-10-20)18-13-11-19(18,23)14(4-2)17(13)22;/h5-8,11,14,20,22-23H,3-4,9-10H2,1-2H3;1H/q+1;/p-1. The number of ketones is 1. The highest BCUT2D eigenvalue weighted by Crippen LogP contribution is 2.50. The first-order chi connectivity index (χ1) is 10.9. The van der Waals surface area contributed by atoms with Crippen LogP contribution in [0.5, 0.6) is 0 Å². The SMILES string of the molecule is CCC(=O)C1(N2C3=C[N+]2(O)C(CC)N3O)C=CN(CCO)C=C1.[Cl-]. The van der Waals surface area contributed by atoms with Gasteiger partial charge in [-0.1, -0.05) is 13.8 Å². The fourth-order valence-corrected chi connectivity index (χ4v) is 3.49. The van der Waals surface area contributed by atoms with Crippen molar-refractivity contribution in [3.05, 3.63) is 36.6 Å². The highest BCUT2D eigenvalue weighted by molar-refractivity contribution is 5.93. The van der Waals surface area contributed by atoms with E-state index < -0.39 is 16.5 Å². The molecule has 2 atom stereocenters. The number of nitrogens with zero attached hydrogens (tertiary/aromatic N) is 4. The number of rotatable bonds is 6. The number of aliphatic hydroxyl groups is 1. The van der Waals surface area contributed by atoms with Crippen LogP contribution in [0, 0.1) is 0 Å². The number of hydrogen-bond donors (Lipinski definition) is 3. The molecule has 0 aromatic carbocycles. The third kappa shape index (κ3) is 2.26. The number of Topliss-reactive ketones (excluding diaryl/α,β-unsaturated/α-hetero) is 1. The van der Waals surface area contributed by atoms with Crippen LogP contribution in [-0.2, 0) is 4.79 Å². The second-order valence-corrected chi connectivity index (χ2v) is 5.93. The summed E-state index contributed by atoms with van der Waals surface area (Å²) in [6.45, 7) is 4.06. The molecule has 2 bridgehead atoms. The van der Waals surface area contributed by atoms with Crippen LogP contribution in [0.25, 0.3) is 0 Å². The molecule has 24 heavy (non-hydrogen) atoms. The van der Waals surface area contributed by atoms with Gasteiger partial charge in [0, 0.05) is 31.8 Å². The summed E-state index contributed by atoms with van der Waals surface area (Å²) in [5, 5.41) is 32.7. The predicted molar refractivity (Wildman–Crippen MR) is 79.8 cm³/mol. The highest BCUT2D eigenvalue weighted by Gasteiger charge is 2.71. The first-order valence-corrected chi connectivity index (χ1v) is 7.86. The van der Waals surface area contributed by atoms with E-state index in [9.17, 15) is 15.2 Å². The van der Waals surface area contributed by atoms with Crippen LogP contribution in [0.4, 0.5) is 0 Å². The van der Waals surface area contributed by atoms with Gasteiger partial charge in [0.25, 0.3) is 0 Å². The van der Waals surface area contributed by atoms with Crippen molar-refractivity contribution in [2.75, 3.05) is 13.2 Å². The average Bonchev–Trinajstić information content (AvgIpc) is 2.91. The fourth-order valence-electron chi connectivity index (χ4n) is 3.49. The largest absolute Gasteiger partial charge is 1.00 e. The monoisotopic (exact) mass is 358 g/mol. The van der Waals surface area contributed by atoms with E-state index in [4.69, 9.17) is 5.11 Å². The molecule has 4 aliphatic rings. The van der Waals surface area contributed by atoms with Crippen LogP contribution < -0.4 is 12.4 Å². The Hall–Kier alpha value is -1.58. The van der Waals surface area contributed by atoms with E-state index >= 15 is 0 Å². The first-order valence-electron chi connectivity index (χ1n) is 7.86. The normalized spacial score (nSPS) is 29.3. The lowest BCUT2D eigenvalue weighted by molar-refractivity contribution is -1.17. The number of fused-ring (bicyclic) bond motifs is 1. The van der Waals surface area contributed by atoms with Crippen molar-refractivity contribution in [2.45, 2.75) is 38.4 Å². The number of hydroxylamine groups is 4. The number of quaternary nitrogens is 1. The molecule has 0 aromatic rings. The molecule has 0 saturated carbocycles. The summed E-state index contributed by atoms with van der Waals surface area (Å²) in [5.74, 6) is 0.340. The highest BCUT2D eigenvalue weighted by atomic mass is 35.5. The van der Waals surface area contributed by atoms with Gasteiger partial charge in [-0.25, -0.2) is 0 Å². The number of halogens is 1. The molecule has 0 aliphatic carbocycles. The molecule has 0 radical (unpaired) electrons. The Morgan fingerprint density at radius 2 is 1.96 bits per heavy atom. The maximum absolute atomic E-state index is 12.7. The van der Waals surface area contributed by atoms with Crippen LogP contribution in [0.15, 0.2) is 36.6 Å². The number of carbonyl (C=O) groups excluding carboxylic acids is 1. The Kier molecular flexibility index (Phi) is 4.98. The third-order valence-electron chi connectivity index (χ3n) is 4.68. The number of aliphatic hydroxyl groups excluding tert-OH is 1. The van der Waals surface area contributed by atoms with Crippen molar-refractivity contribution in [3.8, 4) is 0 Å². The van der Waals surface area contributed by atoms with Crippen LogP contribution >= 0.6 is 0 Å². The Bertz CT molecular complexity index is 594. The first kappa shape index (κ1) is 18.8. The van der Waals surface area contributed by atoms with E-state index in [1.807, 2.05) is 6.92 Å². The van der Waals surface area contributed by atoms with Gasteiger partial charge in [-0.3, -0.25) is 10.0 Å². The van der Waals surface area contributed by atoms with E-state index in [1.54, 1.807) is 36.4 Å². The summed E-state index contributed by atoms with van der Waals surface area (Å²) in [5.41, 5.74) is -1.15. The quantitative estimate of drug-likeness (QED) is 0.461. The van der Waals surface area contributed by atoms with E-state index in [1.165, 1.54) is 11.2 Å². The van der Waals surface area contributed by atoms with Gasteiger partial charge < -0.3 is 22.4 Å². The zero-order valence-electron chi connectivity index (χ0n) is 13.7. The maximum atomic E-state index is 12.7. The molecule has 9 heteroatoms. The topological polar surface area (TPSA) is 87.5 Å². The summed E-state index contributed by atoms with van der Waals surface area (Å²) in [6, 6.07) is 0. The van der Waals surface area contributed by atoms with E-state index in [0.29, 0.717) is 25.2 Å². The molecule has 2 unspecified atom stereocenters. The van der Waals surface area contributed by atoms with Crippen LogP contribution in [0.2, 0.25) is 0 Å². The molecule has 1 fully saturated rings. The minimum Gasteiger partial charge on any atom is -1.00 e. The van der Waals surface area contributed by atoms with Crippen LogP contribution in [0.3, 0.4) is 0 Å². The van der Waals surface area contributed by atoms with Gasteiger partial charge in [0.15, 0.2) is 11.3 Å². The molecule has 4 heterocycles. The molecule has 0 aromatic heterocycles. The molecule has 4 aliphatic heterocycles. The maximum Gasteiger partial charge on any atom is 0.247 e. The van der Waals surface area contributed by atoms with E-state index in [-0.39, 0.29) is 24.8 Å². The lowest BCUT2D eigenvalue weighted by Gasteiger charge is -2.46. The molecule has 134 valence electrons. The van der Waals surface area contributed by atoms with Gasteiger partial charge in [-0.2, -0.15) is 10.3 Å². The van der Waals surface area contributed by atoms with Crippen LogP contribution in [-0.4, -0.2) is 65.9 Å². The Morgan fingerprint density at radius 3 is 2.42 bits per heavy atom. The Morgan fingerprint density at radius 1 is 1.33 bits per heavy atom. The molecule has 0 spiro atoms. The number of hydrogen-bond acceptors (Lipinski definition) is 7. The lowest BCUT2D eigenvalue weighted by atomic mass is 9.88. The smallest absolute Gasteiger partial charge is 0.247 e. The summed E-state index contributed by atoms with van der Waals surface area (Å²) in [4.78, 5) is 14.5. The van der Waals surface area contributed by atoms with Gasteiger partial charge in [0.2, 0.25) is 18.2 Å². The molecule has 3 N–H and O–H groups in total. The molecule has 0 amide bonds. The van der Waals surface area contributed by atoms with Gasteiger partial charge >= 0.3 is 0 Å². The van der Waals surface area contributed by atoms with Crippen molar-refractivity contribution < 1.29 is 37.5 Å². The van der Waals surface area contributed by atoms with Gasteiger partial charge in [0.05, 0.1) is 6.61 Å². The molecule has 1 saturated heterocycles. The zero-order chi connectivity index (χ0) is 16.8. The summed E-state index contributed by atoms with van der Waals surface area (Å²) < 4.78 is -0.608. The van der Waals surface area contributed by atoms with Crippen molar-refractivity contribution >= 4 is 5.78 Å². The predicted octanol–water partition coefficient (Wildman–Crippen LogP) is -2.28. The summed E-state index contributed by atoms with van der Waals surface area (Å²) in [7, 11) is 0. The van der Waals surface area contributed by atoms with Crippen molar-refractivity contribution in [1.29, 1.82) is 0 Å². The number of carbonyl (C=O) groups is 1. The zero-order valence-corrected chi connectivity index (χ0v) is 14.5. The van der Waals surface area contributed by atoms with E-state index in [0.717, 1.165) is 5.06 Å². The number of β-amino-alcohol motifs (C(OH)–C–C–N with tert-alkyl or cyclic N) is 1. The van der Waals surface area contributed by atoms with Crippen molar-refractivity contribution in [2.24, 2.45) is 0 Å². The molecular weight excluding hydrogens is 336 g/mol. The second kappa shape index (κ2) is 6.38. The molecule has 4 rings (SSSR count).